The zero-order chi connectivity index (χ0) is 15.2. The van der Waals surface area contributed by atoms with E-state index < -0.39 is 5.97 Å². The van der Waals surface area contributed by atoms with Crippen LogP contribution < -0.4 is 5.32 Å². The number of carboxylic acids is 1. The molecule has 0 bridgehead atoms. The minimum absolute atomic E-state index is 0.146. The molecule has 2 aromatic heterocycles. The molecule has 0 atom stereocenters. The summed E-state index contributed by atoms with van der Waals surface area (Å²) < 4.78 is 0. The van der Waals surface area contributed by atoms with Gasteiger partial charge in [-0.1, -0.05) is 6.92 Å². The third-order valence-electron chi connectivity index (χ3n) is 2.76. The molecule has 0 unspecified atom stereocenters. The maximum atomic E-state index is 12.0. The van der Waals surface area contributed by atoms with E-state index in [1.165, 1.54) is 22.3 Å². The van der Waals surface area contributed by atoms with Gasteiger partial charge in [0.2, 0.25) is 0 Å². The fourth-order valence-electron chi connectivity index (χ4n) is 1.69. The van der Waals surface area contributed by atoms with E-state index in [0.29, 0.717) is 12.1 Å². The van der Waals surface area contributed by atoms with E-state index in [2.05, 4.69) is 18.3 Å². The fraction of sp³-hybridized carbons (Fsp3) is 0.200. The van der Waals surface area contributed by atoms with Crippen molar-refractivity contribution >= 4 is 40.6 Å². The van der Waals surface area contributed by atoms with Crippen LogP contribution in [0.5, 0.6) is 0 Å². The molecule has 6 heteroatoms. The molecule has 0 aliphatic carbocycles. The Bertz CT molecular complexity index is 670. The van der Waals surface area contributed by atoms with Crippen LogP contribution in [0.1, 0.15) is 31.9 Å². The van der Waals surface area contributed by atoms with Crippen LogP contribution in [-0.4, -0.2) is 17.0 Å². The first-order valence-corrected chi connectivity index (χ1v) is 8.13. The average molecular weight is 321 g/mol. The molecule has 0 spiro atoms. The van der Waals surface area contributed by atoms with Gasteiger partial charge in [0.25, 0.3) is 5.91 Å². The van der Waals surface area contributed by atoms with Crippen LogP contribution in [0.25, 0.3) is 6.08 Å². The first-order valence-electron chi connectivity index (χ1n) is 6.44. The number of aliphatic carboxylic acids is 1. The summed E-state index contributed by atoms with van der Waals surface area (Å²) in [5.74, 6) is -1.15. The average Bonchev–Trinajstić information content (AvgIpc) is 3.11. The zero-order valence-corrected chi connectivity index (χ0v) is 13.1. The number of aryl methyl sites for hydroxylation is 1. The Morgan fingerprint density at radius 1 is 1.33 bits per heavy atom. The summed E-state index contributed by atoms with van der Waals surface area (Å²) in [7, 11) is 0. The lowest BCUT2D eigenvalue weighted by molar-refractivity contribution is -0.131. The van der Waals surface area contributed by atoms with Crippen molar-refractivity contribution in [2.75, 3.05) is 0 Å². The minimum atomic E-state index is -1.00. The van der Waals surface area contributed by atoms with Crippen molar-refractivity contribution in [3.8, 4) is 0 Å². The predicted molar refractivity (Wildman–Crippen MR) is 85.9 cm³/mol. The summed E-state index contributed by atoms with van der Waals surface area (Å²) in [5.41, 5.74) is 0.553. The van der Waals surface area contributed by atoms with Gasteiger partial charge in [-0.2, -0.15) is 0 Å². The van der Waals surface area contributed by atoms with Gasteiger partial charge in [0, 0.05) is 26.1 Å². The number of thiophene rings is 2. The predicted octanol–water partition coefficient (Wildman–Crippen LogP) is 3.40. The standard InChI is InChI=1S/C15H15NO3S2/c1-2-11-3-4-13(21-11)8-16-15(19)10-7-12(20-9-10)5-6-14(17)18/h3-7,9H,2,8H2,1H3,(H,16,19)(H,17,18)/b6-5+. The molecular weight excluding hydrogens is 306 g/mol. The molecule has 2 aromatic rings. The second-order valence-corrected chi connectivity index (χ2v) is 6.51. The van der Waals surface area contributed by atoms with Crippen LogP contribution in [0.2, 0.25) is 0 Å². The van der Waals surface area contributed by atoms with E-state index in [1.54, 1.807) is 22.8 Å². The van der Waals surface area contributed by atoms with Crippen LogP contribution >= 0.6 is 22.7 Å². The SMILES string of the molecule is CCc1ccc(CNC(=O)c2csc(/C=C/C(=O)O)c2)s1. The molecule has 0 radical (unpaired) electrons. The maximum absolute atomic E-state index is 12.0. The molecule has 0 saturated heterocycles. The van der Waals surface area contributed by atoms with Gasteiger partial charge < -0.3 is 10.4 Å². The van der Waals surface area contributed by atoms with E-state index in [1.807, 2.05) is 6.07 Å². The molecular formula is C15H15NO3S2. The largest absolute Gasteiger partial charge is 0.478 e. The summed E-state index contributed by atoms with van der Waals surface area (Å²) in [6, 6.07) is 5.79. The molecule has 0 aliphatic heterocycles. The number of nitrogens with one attached hydrogen (secondary N) is 1. The second kappa shape index (κ2) is 7.19. The highest BCUT2D eigenvalue weighted by atomic mass is 32.1. The van der Waals surface area contributed by atoms with E-state index in [0.717, 1.165) is 22.3 Å². The van der Waals surface area contributed by atoms with Crippen LogP contribution in [0.15, 0.2) is 29.7 Å². The lowest BCUT2D eigenvalue weighted by atomic mass is 10.3. The summed E-state index contributed by atoms with van der Waals surface area (Å²) in [6.45, 7) is 2.62. The van der Waals surface area contributed by atoms with Crippen molar-refractivity contribution in [3.63, 3.8) is 0 Å². The Hall–Kier alpha value is -1.92. The van der Waals surface area contributed by atoms with Gasteiger partial charge in [-0.3, -0.25) is 4.79 Å². The van der Waals surface area contributed by atoms with Crippen molar-refractivity contribution in [2.24, 2.45) is 0 Å². The Labute approximate surface area is 130 Å². The number of amides is 1. The van der Waals surface area contributed by atoms with Crippen LogP contribution in [0.4, 0.5) is 0 Å². The molecule has 110 valence electrons. The van der Waals surface area contributed by atoms with Crippen LogP contribution in [-0.2, 0) is 17.8 Å². The van der Waals surface area contributed by atoms with Crippen molar-refractivity contribution in [2.45, 2.75) is 19.9 Å². The summed E-state index contributed by atoms with van der Waals surface area (Å²) in [4.78, 5) is 25.6. The first kappa shape index (κ1) is 15.5. The molecule has 2 heterocycles. The van der Waals surface area contributed by atoms with E-state index in [4.69, 9.17) is 5.11 Å². The van der Waals surface area contributed by atoms with Gasteiger partial charge in [0.1, 0.15) is 0 Å². The molecule has 0 aliphatic rings. The highest BCUT2D eigenvalue weighted by molar-refractivity contribution is 7.12. The quantitative estimate of drug-likeness (QED) is 0.801. The Morgan fingerprint density at radius 2 is 2.10 bits per heavy atom. The van der Waals surface area contributed by atoms with Crippen molar-refractivity contribution in [1.29, 1.82) is 0 Å². The lowest BCUT2D eigenvalue weighted by Crippen LogP contribution is -2.21. The van der Waals surface area contributed by atoms with Gasteiger partial charge in [-0.05, 0) is 30.7 Å². The second-order valence-electron chi connectivity index (χ2n) is 4.31. The topological polar surface area (TPSA) is 66.4 Å². The van der Waals surface area contributed by atoms with Gasteiger partial charge >= 0.3 is 5.97 Å². The third-order valence-corrected chi connectivity index (χ3v) is 4.89. The monoisotopic (exact) mass is 321 g/mol. The van der Waals surface area contributed by atoms with Gasteiger partial charge in [-0.15, -0.1) is 22.7 Å². The molecule has 2 N–H and O–H groups in total. The number of rotatable bonds is 6. The number of carbonyl (C=O) groups is 2. The smallest absolute Gasteiger partial charge is 0.328 e. The number of carbonyl (C=O) groups excluding carboxylic acids is 1. The van der Waals surface area contributed by atoms with Crippen molar-refractivity contribution in [1.82, 2.24) is 5.32 Å². The van der Waals surface area contributed by atoms with Crippen molar-refractivity contribution in [3.05, 3.63) is 49.9 Å². The summed E-state index contributed by atoms with van der Waals surface area (Å²) in [5, 5.41) is 13.2. The van der Waals surface area contributed by atoms with Gasteiger partial charge in [-0.25, -0.2) is 4.79 Å². The maximum Gasteiger partial charge on any atom is 0.328 e. The molecule has 4 nitrogen and oxygen atoms in total. The first-order chi connectivity index (χ1) is 10.1. The minimum Gasteiger partial charge on any atom is -0.478 e. The zero-order valence-electron chi connectivity index (χ0n) is 11.5. The van der Waals surface area contributed by atoms with Gasteiger partial charge in [0.05, 0.1) is 12.1 Å². The van der Waals surface area contributed by atoms with E-state index in [-0.39, 0.29) is 5.91 Å². The number of hydrogen-bond acceptors (Lipinski definition) is 4. The van der Waals surface area contributed by atoms with Gasteiger partial charge in [0.15, 0.2) is 0 Å². The Balaban J connectivity index is 1.92. The number of hydrogen-bond donors (Lipinski definition) is 2. The highest BCUT2D eigenvalue weighted by Crippen LogP contribution is 2.18. The molecule has 0 saturated carbocycles. The summed E-state index contributed by atoms with van der Waals surface area (Å²) in [6.07, 6.45) is 3.55. The highest BCUT2D eigenvalue weighted by Gasteiger charge is 2.08. The molecule has 1 amide bonds. The normalized spacial score (nSPS) is 10.9. The molecule has 0 fully saturated rings. The lowest BCUT2D eigenvalue weighted by Gasteiger charge is -2.01. The Kier molecular flexibility index (Phi) is 5.30. The third kappa shape index (κ3) is 4.54. The molecule has 0 aromatic carbocycles. The van der Waals surface area contributed by atoms with Crippen LogP contribution in [0, 0.1) is 0 Å². The molecule has 21 heavy (non-hydrogen) atoms. The van der Waals surface area contributed by atoms with Crippen LogP contribution in [0.3, 0.4) is 0 Å². The molecule has 2 rings (SSSR count). The number of carboxylic acid groups (broad SMARTS) is 1. The Morgan fingerprint density at radius 3 is 2.76 bits per heavy atom. The van der Waals surface area contributed by atoms with E-state index >= 15 is 0 Å². The van der Waals surface area contributed by atoms with E-state index in [9.17, 15) is 9.59 Å². The van der Waals surface area contributed by atoms with Crippen molar-refractivity contribution < 1.29 is 14.7 Å². The summed E-state index contributed by atoms with van der Waals surface area (Å²) >= 11 is 3.04. The fourth-order valence-corrected chi connectivity index (χ4v) is 3.37.